The standard InChI is InChI=1S/C12H12N2OS.H2/c1-9-12(16-8-14-9)11-4-2-10(3-5-11)6-13-7-15;/h2-5,7-8H,6H2,1H3,(H,13,15);1H. The van der Waals surface area contributed by atoms with Gasteiger partial charge in [0.1, 0.15) is 0 Å². The van der Waals surface area contributed by atoms with E-state index in [9.17, 15) is 4.79 Å². The summed E-state index contributed by atoms with van der Waals surface area (Å²) in [7, 11) is 0. The van der Waals surface area contributed by atoms with Crippen molar-refractivity contribution in [2.45, 2.75) is 13.5 Å². The predicted octanol–water partition coefficient (Wildman–Crippen LogP) is 2.61. The Morgan fingerprint density at radius 3 is 2.75 bits per heavy atom. The van der Waals surface area contributed by atoms with Crippen molar-refractivity contribution in [2.24, 2.45) is 0 Å². The molecule has 1 aromatic carbocycles. The lowest BCUT2D eigenvalue weighted by molar-refractivity contribution is -0.109. The molecule has 2 rings (SSSR count). The first-order valence-corrected chi connectivity index (χ1v) is 5.85. The molecule has 0 aliphatic heterocycles. The molecule has 0 radical (unpaired) electrons. The number of hydrogen-bond acceptors (Lipinski definition) is 3. The third-order valence-corrected chi connectivity index (χ3v) is 3.33. The maximum atomic E-state index is 10.2. The minimum atomic E-state index is 0. The van der Waals surface area contributed by atoms with Gasteiger partial charge in [0.2, 0.25) is 6.41 Å². The van der Waals surface area contributed by atoms with Gasteiger partial charge < -0.3 is 5.32 Å². The molecule has 0 aliphatic rings. The molecule has 0 spiro atoms. The molecular formula is C12H14N2OS. The number of rotatable bonds is 4. The summed E-state index contributed by atoms with van der Waals surface area (Å²) in [4.78, 5) is 15.6. The zero-order valence-corrected chi connectivity index (χ0v) is 9.75. The largest absolute Gasteiger partial charge is 0.355 e. The van der Waals surface area contributed by atoms with Gasteiger partial charge in [0.15, 0.2) is 0 Å². The number of nitrogens with one attached hydrogen (secondary N) is 1. The van der Waals surface area contributed by atoms with Crippen molar-refractivity contribution in [1.29, 1.82) is 0 Å². The van der Waals surface area contributed by atoms with E-state index in [1.165, 1.54) is 10.4 Å². The Hall–Kier alpha value is -1.68. The third-order valence-electron chi connectivity index (χ3n) is 2.35. The third kappa shape index (κ3) is 2.28. The Labute approximate surface area is 99.6 Å². The van der Waals surface area contributed by atoms with E-state index in [2.05, 4.69) is 22.4 Å². The van der Waals surface area contributed by atoms with Crippen LogP contribution >= 0.6 is 11.3 Å². The first kappa shape index (κ1) is 10.8. The van der Waals surface area contributed by atoms with Crippen molar-refractivity contribution >= 4 is 17.7 Å². The fraction of sp³-hybridized carbons (Fsp3) is 0.167. The van der Waals surface area contributed by atoms with Crippen LogP contribution in [0.15, 0.2) is 29.8 Å². The first-order chi connectivity index (χ1) is 7.81. The number of nitrogens with zero attached hydrogens (tertiary/aromatic N) is 1. The van der Waals surface area contributed by atoms with Gasteiger partial charge in [-0.3, -0.25) is 4.79 Å². The molecule has 1 heterocycles. The van der Waals surface area contributed by atoms with Gasteiger partial charge in [-0.05, 0) is 18.1 Å². The van der Waals surface area contributed by atoms with Crippen molar-refractivity contribution in [1.82, 2.24) is 10.3 Å². The Morgan fingerprint density at radius 2 is 2.19 bits per heavy atom. The lowest BCUT2D eigenvalue weighted by Crippen LogP contribution is -2.09. The second-order valence-corrected chi connectivity index (χ2v) is 4.32. The highest BCUT2D eigenvalue weighted by Gasteiger charge is 2.03. The summed E-state index contributed by atoms with van der Waals surface area (Å²) in [5.41, 5.74) is 5.18. The van der Waals surface area contributed by atoms with Gasteiger partial charge >= 0.3 is 0 Å². The molecule has 84 valence electrons. The Kier molecular flexibility index (Phi) is 3.31. The van der Waals surface area contributed by atoms with E-state index in [-0.39, 0.29) is 1.43 Å². The summed E-state index contributed by atoms with van der Waals surface area (Å²) in [6.45, 7) is 2.58. The van der Waals surface area contributed by atoms with E-state index in [0.717, 1.165) is 11.3 Å². The molecule has 0 atom stereocenters. The molecule has 4 heteroatoms. The number of carbonyl (C=O) groups is 1. The van der Waals surface area contributed by atoms with Crippen molar-refractivity contribution < 1.29 is 6.22 Å². The predicted molar refractivity (Wildman–Crippen MR) is 67.3 cm³/mol. The van der Waals surface area contributed by atoms with E-state index in [0.29, 0.717) is 13.0 Å². The van der Waals surface area contributed by atoms with Crippen LogP contribution in [0.4, 0.5) is 0 Å². The zero-order chi connectivity index (χ0) is 11.4. The van der Waals surface area contributed by atoms with Gasteiger partial charge in [-0.25, -0.2) is 4.98 Å². The van der Waals surface area contributed by atoms with Crippen molar-refractivity contribution in [3.05, 3.63) is 41.0 Å². The number of benzene rings is 1. The molecule has 0 aliphatic carbocycles. The van der Waals surface area contributed by atoms with Crippen LogP contribution in [0.2, 0.25) is 0 Å². The van der Waals surface area contributed by atoms with Crippen LogP contribution in [-0.2, 0) is 11.3 Å². The average Bonchev–Trinajstić information content (AvgIpc) is 2.74. The van der Waals surface area contributed by atoms with E-state index in [1.807, 2.05) is 24.6 Å². The summed E-state index contributed by atoms with van der Waals surface area (Å²) >= 11 is 1.64. The van der Waals surface area contributed by atoms with Crippen LogP contribution < -0.4 is 5.32 Å². The minimum Gasteiger partial charge on any atom is -0.355 e. The molecule has 3 nitrogen and oxygen atoms in total. The molecule has 0 unspecified atom stereocenters. The fourth-order valence-corrected chi connectivity index (χ4v) is 2.32. The maximum Gasteiger partial charge on any atom is 0.207 e. The summed E-state index contributed by atoms with van der Waals surface area (Å²) in [5.74, 6) is 0. The second-order valence-electron chi connectivity index (χ2n) is 3.46. The zero-order valence-electron chi connectivity index (χ0n) is 8.93. The number of amides is 1. The lowest BCUT2D eigenvalue weighted by Gasteiger charge is -2.02. The number of thiazole rings is 1. The number of aromatic nitrogens is 1. The Morgan fingerprint density at radius 1 is 1.44 bits per heavy atom. The lowest BCUT2D eigenvalue weighted by atomic mass is 10.1. The van der Waals surface area contributed by atoms with Gasteiger partial charge in [-0.2, -0.15) is 0 Å². The molecule has 0 bridgehead atoms. The van der Waals surface area contributed by atoms with E-state index < -0.39 is 0 Å². The monoisotopic (exact) mass is 234 g/mol. The van der Waals surface area contributed by atoms with Crippen molar-refractivity contribution in [2.75, 3.05) is 0 Å². The minimum absolute atomic E-state index is 0. The van der Waals surface area contributed by atoms with Gasteiger partial charge in [-0.15, -0.1) is 11.3 Å². The molecule has 2 aromatic rings. The highest BCUT2D eigenvalue weighted by molar-refractivity contribution is 7.13. The normalized spacial score (nSPS) is 10.1. The molecule has 1 aromatic heterocycles. The number of hydrogen-bond donors (Lipinski definition) is 1. The Balaban J connectivity index is 0.00000144. The van der Waals surface area contributed by atoms with Crippen LogP contribution in [0.1, 0.15) is 12.7 Å². The number of carbonyl (C=O) groups excluding carboxylic acids is 1. The average molecular weight is 234 g/mol. The molecule has 16 heavy (non-hydrogen) atoms. The van der Waals surface area contributed by atoms with Crippen molar-refractivity contribution in [3.63, 3.8) is 0 Å². The molecule has 0 saturated carbocycles. The smallest absolute Gasteiger partial charge is 0.207 e. The summed E-state index contributed by atoms with van der Waals surface area (Å²) in [6.07, 6.45) is 0.710. The van der Waals surface area contributed by atoms with Gasteiger partial charge in [0.25, 0.3) is 0 Å². The first-order valence-electron chi connectivity index (χ1n) is 4.97. The van der Waals surface area contributed by atoms with Crippen LogP contribution in [0, 0.1) is 6.92 Å². The molecule has 1 amide bonds. The Bertz CT molecular complexity index is 482. The van der Waals surface area contributed by atoms with Crippen LogP contribution in [0.25, 0.3) is 10.4 Å². The number of aryl methyl sites for hydroxylation is 1. The molecule has 0 saturated heterocycles. The van der Waals surface area contributed by atoms with Crippen molar-refractivity contribution in [3.8, 4) is 10.4 Å². The maximum absolute atomic E-state index is 10.2. The fourth-order valence-electron chi connectivity index (χ4n) is 1.51. The van der Waals surface area contributed by atoms with Crippen LogP contribution in [-0.4, -0.2) is 11.4 Å². The van der Waals surface area contributed by atoms with Gasteiger partial charge in [0, 0.05) is 7.97 Å². The molecular weight excluding hydrogens is 220 g/mol. The van der Waals surface area contributed by atoms with E-state index in [4.69, 9.17) is 0 Å². The SMILES string of the molecule is Cc1ncsc1-c1ccc(CNC=O)cc1.[HH]. The van der Waals surface area contributed by atoms with E-state index in [1.54, 1.807) is 11.3 Å². The summed E-state index contributed by atoms with van der Waals surface area (Å²) in [5, 5.41) is 2.64. The highest BCUT2D eigenvalue weighted by Crippen LogP contribution is 2.26. The van der Waals surface area contributed by atoms with Crippen LogP contribution in [0.3, 0.4) is 0 Å². The van der Waals surface area contributed by atoms with Gasteiger partial charge in [0.05, 0.1) is 16.1 Å². The summed E-state index contributed by atoms with van der Waals surface area (Å²) < 4.78 is 0. The van der Waals surface area contributed by atoms with E-state index >= 15 is 0 Å². The quantitative estimate of drug-likeness (QED) is 0.826. The second kappa shape index (κ2) is 4.90. The topological polar surface area (TPSA) is 42.0 Å². The highest BCUT2D eigenvalue weighted by atomic mass is 32.1. The van der Waals surface area contributed by atoms with Crippen LogP contribution in [0.5, 0.6) is 0 Å². The molecule has 0 fully saturated rings. The summed E-state index contributed by atoms with van der Waals surface area (Å²) in [6, 6.07) is 8.15. The van der Waals surface area contributed by atoms with Gasteiger partial charge in [-0.1, -0.05) is 24.3 Å². The molecule has 1 N–H and O–H groups in total.